The summed E-state index contributed by atoms with van der Waals surface area (Å²) in [5.41, 5.74) is 12.6. The molecule has 29 heavy (non-hydrogen) atoms. The highest BCUT2D eigenvalue weighted by molar-refractivity contribution is 6.67. The second-order valence-corrected chi connectivity index (χ2v) is 11.2. The lowest BCUT2D eigenvalue weighted by Crippen LogP contribution is -2.43. The summed E-state index contributed by atoms with van der Waals surface area (Å²) in [6.07, 6.45) is 2.95. The Labute approximate surface area is 174 Å². The molecule has 0 saturated heterocycles. The van der Waals surface area contributed by atoms with Gasteiger partial charge in [-0.15, -0.1) is 0 Å². The Kier molecular flexibility index (Phi) is 8.82. The van der Waals surface area contributed by atoms with Gasteiger partial charge in [0.25, 0.3) is 0 Å². The summed E-state index contributed by atoms with van der Waals surface area (Å²) in [5, 5.41) is 0. The number of ether oxygens (including phenoxy) is 2. The molecule has 0 aromatic heterocycles. The zero-order valence-electron chi connectivity index (χ0n) is 17.4. The molecule has 0 spiro atoms. The summed E-state index contributed by atoms with van der Waals surface area (Å²) >= 11 is 0. The molecule has 2 aromatic rings. The first-order chi connectivity index (χ1) is 13.8. The quantitative estimate of drug-likeness (QED) is 0.235. The van der Waals surface area contributed by atoms with E-state index < -0.39 is 8.56 Å². The van der Waals surface area contributed by atoms with Crippen molar-refractivity contribution in [1.82, 2.24) is 0 Å². The van der Waals surface area contributed by atoms with Gasteiger partial charge in [-0.2, -0.15) is 0 Å². The van der Waals surface area contributed by atoms with Crippen LogP contribution in [0.3, 0.4) is 0 Å². The number of nitrogens with two attached hydrogens (primary N) is 2. The molecule has 160 valence electrons. The SMILES string of the molecule is CC(CCCOc1cccc(N)c1)[Si](O)(O)C(C)CCCOc1cccc(N)c1. The van der Waals surface area contributed by atoms with Crippen LogP contribution in [-0.4, -0.2) is 31.4 Å². The molecule has 0 aliphatic heterocycles. The van der Waals surface area contributed by atoms with E-state index in [9.17, 15) is 9.59 Å². The molecule has 2 rings (SSSR count). The van der Waals surface area contributed by atoms with E-state index in [1.54, 1.807) is 12.1 Å². The molecule has 0 bridgehead atoms. The molecule has 2 atom stereocenters. The maximum atomic E-state index is 10.7. The van der Waals surface area contributed by atoms with Crippen molar-refractivity contribution in [2.75, 3.05) is 24.7 Å². The van der Waals surface area contributed by atoms with Crippen LogP contribution < -0.4 is 20.9 Å². The van der Waals surface area contributed by atoms with Gasteiger partial charge >= 0.3 is 8.56 Å². The van der Waals surface area contributed by atoms with E-state index >= 15 is 0 Å². The molecule has 0 fully saturated rings. The molecule has 6 nitrogen and oxygen atoms in total. The van der Waals surface area contributed by atoms with Gasteiger partial charge in [-0.25, -0.2) is 0 Å². The molecule has 0 amide bonds. The third kappa shape index (κ3) is 7.60. The first-order valence-electron chi connectivity index (χ1n) is 10.2. The zero-order valence-corrected chi connectivity index (χ0v) is 18.4. The summed E-state index contributed by atoms with van der Waals surface area (Å²) in [6.45, 7) is 4.90. The minimum absolute atomic E-state index is 0.128. The standard InChI is InChI=1S/C22H34N2O4Si/c1-17(7-5-13-27-21-11-3-9-19(23)15-21)29(25,26)18(2)8-6-14-28-22-12-4-10-20(24)16-22/h3-4,9-12,15-18,25-26H,5-8,13-14,23-24H2,1-2H3. The molecule has 0 radical (unpaired) electrons. The minimum Gasteiger partial charge on any atom is -0.494 e. The highest BCUT2D eigenvalue weighted by Gasteiger charge is 2.41. The fraction of sp³-hybridized carbons (Fsp3) is 0.455. The number of rotatable bonds is 12. The molecular weight excluding hydrogens is 384 g/mol. The minimum atomic E-state index is -3.34. The number of benzene rings is 2. The van der Waals surface area contributed by atoms with Crippen molar-refractivity contribution in [2.45, 2.75) is 50.6 Å². The van der Waals surface area contributed by atoms with Crippen molar-refractivity contribution in [3.05, 3.63) is 48.5 Å². The Hall–Kier alpha value is -2.22. The summed E-state index contributed by atoms with van der Waals surface area (Å²) in [6, 6.07) is 14.6. The molecule has 2 aromatic carbocycles. The summed E-state index contributed by atoms with van der Waals surface area (Å²) in [4.78, 5) is 21.5. The molecular formula is C22H34N2O4Si. The maximum absolute atomic E-state index is 10.7. The van der Waals surface area contributed by atoms with Gasteiger partial charge < -0.3 is 30.5 Å². The molecule has 0 saturated carbocycles. The number of nitrogen functional groups attached to an aromatic ring is 2. The Morgan fingerprint density at radius 3 is 1.59 bits per heavy atom. The monoisotopic (exact) mass is 418 g/mol. The van der Waals surface area contributed by atoms with E-state index in [0.717, 1.165) is 24.3 Å². The van der Waals surface area contributed by atoms with E-state index in [-0.39, 0.29) is 11.1 Å². The van der Waals surface area contributed by atoms with Crippen molar-refractivity contribution in [3.8, 4) is 11.5 Å². The van der Waals surface area contributed by atoms with E-state index in [0.29, 0.717) is 37.4 Å². The average Bonchev–Trinajstić information content (AvgIpc) is 2.68. The second kappa shape index (κ2) is 11.1. The van der Waals surface area contributed by atoms with Crippen molar-refractivity contribution in [2.24, 2.45) is 0 Å². The van der Waals surface area contributed by atoms with Crippen LogP contribution >= 0.6 is 0 Å². The lowest BCUT2D eigenvalue weighted by Gasteiger charge is -2.31. The molecule has 0 aliphatic rings. The lowest BCUT2D eigenvalue weighted by atomic mass is 10.2. The average molecular weight is 419 g/mol. The Morgan fingerprint density at radius 2 is 1.21 bits per heavy atom. The van der Waals surface area contributed by atoms with Gasteiger partial charge in [0, 0.05) is 23.5 Å². The highest BCUT2D eigenvalue weighted by atomic mass is 28.4. The molecule has 7 heteroatoms. The van der Waals surface area contributed by atoms with Gasteiger partial charge in [-0.3, -0.25) is 0 Å². The summed E-state index contributed by atoms with van der Waals surface area (Å²) < 4.78 is 11.4. The van der Waals surface area contributed by atoms with Crippen molar-refractivity contribution in [3.63, 3.8) is 0 Å². The maximum Gasteiger partial charge on any atom is 0.338 e. The molecule has 0 aliphatic carbocycles. The van der Waals surface area contributed by atoms with Gasteiger partial charge in [0.2, 0.25) is 0 Å². The summed E-state index contributed by atoms with van der Waals surface area (Å²) in [5.74, 6) is 1.48. The Bertz CT molecular complexity index is 696. The van der Waals surface area contributed by atoms with Crippen LogP contribution in [0.1, 0.15) is 39.5 Å². The molecule has 2 unspecified atom stereocenters. The third-order valence-corrected chi connectivity index (χ3v) is 8.75. The first kappa shape index (κ1) is 23.1. The van der Waals surface area contributed by atoms with E-state index in [1.807, 2.05) is 50.2 Å². The van der Waals surface area contributed by atoms with Crippen LogP contribution in [0.2, 0.25) is 11.1 Å². The van der Waals surface area contributed by atoms with Crippen LogP contribution in [-0.2, 0) is 0 Å². The number of hydrogen-bond donors (Lipinski definition) is 4. The number of hydrogen-bond acceptors (Lipinski definition) is 6. The van der Waals surface area contributed by atoms with Gasteiger partial charge in [0.1, 0.15) is 11.5 Å². The van der Waals surface area contributed by atoms with Crippen molar-refractivity contribution >= 4 is 19.9 Å². The molecule has 6 N–H and O–H groups in total. The smallest absolute Gasteiger partial charge is 0.338 e. The lowest BCUT2D eigenvalue weighted by molar-refractivity contribution is 0.277. The predicted molar refractivity (Wildman–Crippen MR) is 120 cm³/mol. The van der Waals surface area contributed by atoms with Crippen LogP contribution in [0, 0.1) is 0 Å². The van der Waals surface area contributed by atoms with Crippen LogP contribution in [0.15, 0.2) is 48.5 Å². The first-order valence-corrected chi connectivity index (χ1v) is 12.3. The third-order valence-electron chi connectivity index (χ3n) is 5.27. The normalized spacial score (nSPS) is 13.7. The highest BCUT2D eigenvalue weighted by Crippen LogP contribution is 2.34. The Balaban J connectivity index is 1.67. The predicted octanol–water partition coefficient (Wildman–Crippen LogP) is 4.08. The number of anilines is 2. The molecule has 0 heterocycles. The topological polar surface area (TPSA) is 111 Å². The fourth-order valence-corrected chi connectivity index (χ4v) is 5.51. The van der Waals surface area contributed by atoms with Crippen LogP contribution in [0.25, 0.3) is 0 Å². The van der Waals surface area contributed by atoms with Crippen molar-refractivity contribution in [1.29, 1.82) is 0 Å². The summed E-state index contributed by atoms with van der Waals surface area (Å²) in [7, 11) is -3.34. The van der Waals surface area contributed by atoms with E-state index in [2.05, 4.69) is 0 Å². The largest absolute Gasteiger partial charge is 0.494 e. The van der Waals surface area contributed by atoms with Crippen molar-refractivity contribution < 1.29 is 19.1 Å². The van der Waals surface area contributed by atoms with Gasteiger partial charge in [0.15, 0.2) is 0 Å². The zero-order chi connectivity index (χ0) is 21.3. The van der Waals surface area contributed by atoms with Crippen LogP contribution in [0.4, 0.5) is 11.4 Å². The van der Waals surface area contributed by atoms with E-state index in [1.165, 1.54) is 0 Å². The van der Waals surface area contributed by atoms with E-state index in [4.69, 9.17) is 20.9 Å². The van der Waals surface area contributed by atoms with Gasteiger partial charge in [0.05, 0.1) is 13.2 Å². The second-order valence-electron chi connectivity index (χ2n) is 7.71. The van der Waals surface area contributed by atoms with Crippen LogP contribution in [0.5, 0.6) is 11.5 Å². The Morgan fingerprint density at radius 1 is 0.793 bits per heavy atom. The van der Waals surface area contributed by atoms with Gasteiger partial charge in [-0.05, 0) is 61.0 Å². The van der Waals surface area contributed by atoms with Gasteiger partial charge in [-0.1, -0.05) is 26.0 Å². The fourth-order valence-electron chi connectivity index (χ4n) is 3.28.